The van der Waals surface area contributed by atoms with Crippen molar-refractivity contribution < 1.29 is 0 Å². The lowest BCUT2D eigenvalue weighted by Crippen LogP contribution is -1.99. The Morgan fingerprint density at radius 2 is 2.31 bits per heavy atom. The molecule has 0 N–H and O–H groups in total. The van der Waals surface area contributed by atoms with E-state index >= 15 is 0 Å². The molecule has 0 atom stereocenters. The van der Waals surface area contributed by atoms with Gasteiger partial charge in [-0.15, -0.1) is 0 Å². The second-order valence-electron chi connectivity index (χ2n) is 2.84. The molecule has 70 valence electrons. The van der Waals surface area contributed by atoms with E-state index in [2.05, 4.69) is 11.2 Å². The third kappa shape index (κ3) is 2.02. The molecule has 1 aromatic heterocycles. The van der Waals surface area contributed by atoms with Crippen molar-refractivity contribution in [1.29, 1.82) is 5.26 Å². The van der Waals surface area contributed by atoms with Gasteiger partial charge in [0.25, 0.3) is 0 Å². The molecule has 0 aliphatic rings. The molecule has 0 aromatic carbocycles. The van der Waals surface area contributed by atoms with Crippen molar-refractivity contribution in [1.82, 2.24) is 9.78 Å². The molecular formula is C9H12ClN3. The van der Waals surface area contributed by atoms with Crippen LogP contribution < -0.4 is 0 Å². The van der Waals surface area contributed by atoms with Gasteiger partial charge in [0, 0.05) is 5.56 Å². The average molecular weight is 198 g/mol. The zero-order valence-corrected chi connectivity index (χ0v) is 8.60. The number of nitriles is 1. The molecule has 0 aliphatic carbocycles. The lowest BCUT2D eigenvalue weighted by Gasteiger charge is -1.98. The van der Waals surface area contributed by atoms with Crippen LogP contribution in [0.5, 0.6) is 0 Å². The number of aromatic nitrogens is 2. The molecule has 0 saturated heterocycles. The maximum atomic E-state index is 8.42. The van der Waals surface area contributed by atoms with Crippen LogP contribution in [0.1, 0.15) is 24.6 Å². The van der Waals surface area contributed by atoms with Crippen LogP contribution >= 0.6 is 11.6 Å². The molecule has 0 fully saturated rings. The van der Waals surface area contributed by atoms with Gasteiger partial charge >= 0.3 is 0 Å². The van der Waals surface area contributed by atoms with E-state index in [-0.39, 0.29) is 0 Å². The standard InChI is InChI=1S/C9H12ClN3/c1-3-8-7(2)12-13(9(8)10)6-4-5-11/h3-4,6H2,1-2H3. The summed E-state index contributed by atoms with van der Waals surface area (Å²) < 4.78 is 1.69. The van der Waals surface area contributed by atoms with Gasteiger partial charge in [-0.3, -0.25) is 4.68 Å². The Balaban J connectivity index is 2.91. The molecule has 0 saturated carbocycles. The fourth-order valence-electron chi connectivity index (χ4n) is 1.30. The summed E-state index contributed by atoms with van der Waals surface area (Å²) >= 11 is 6.06. The highest BCUT2D eigenvalue weighted by Gasteiger charge is 2.10. The van der Waals surface area contributed by atoms with E-state index in [0.29, 0.717) is 18.1 Å². The van der Waals surface area contributed by atoms with Crippen LogP contribution in [0.4, 0.5) is 0 Å². The second-order valence-corrected chi connectivity index (χ2v) is 3.20. The summed E-state index contributed by atoms with van der Waals surface area (Å²) in [5.41, 5.74) is 2.05. The Labute approximate surface area is 82.9 Å². The van der Waals surface area contributed by atoms with E-state index in [1.165, 1.54) is 0 Å². The number of nitrogens with zero attached hydrogens (tertiary/aromatic N) is 3. The highest BCUT2D eigenvalue weighted by Crippen LogP contribution is 2.20. The van der Waals surface area contributed by atoms with Crippen LogP contribution in [0.2, 0.25) is 5.15 Å². The quantitative estimate of drug-likeness (QED) is 0.746. The van der Waals surface area contributed by atoms with Crippen molar-refractivity contribution in [2.75, 3.05) is 0 Å². The van der Waals surface area contributed by atoms with Crippen molar-refractivity contribution in [2.45, 2.75) is 33.2 Å². The van der Waals surface area contributed by atoms with Crippen molar-refractivity contribution >= 4 is 11.6 Å². The number of hydrogen-bond donors (Lipinski definition) is 0. The summed E-state index contributed by atoms with van der Waals surface area (Å²) in [5, 5.41) is 13.3. The van der Waals surface area contributed by atoms with Crippen molar-refractivity contribution in [3.05, 3.63) is 16.4 Å². The molecular weight excluding hydrogens is 186 g/mol. The highest BCUT2D eigenvalue weighted by atomic mass is 35.5. The molecule has 0 bridgehead atoms. The molecule has 1 aromatic rings. The Hall–Kier alpha value is -1.01. The molecule has 0 amide bonds. The van der Waals surface area contributed by atoms with Gasteiger partial charge < -0.3 is 0 Å². The topological polar surface area (TPSA) is 41.6 Å². The van der Waals surface area contributed by atoms with Crippen molar-refractivity contribution in [3.8, 4) is 6.07 Å². The SMILES string of the molecule is CCc1c(C)nn(CCC#N)c1Cl. The zero-order chi connectivity index (χ0) is 9.84. The first-order valence-electron chi connectivity index (χ1n) is 4.29. The van der Waals surface area contributed by atoms with E-state index in [1.807, 2.05) is 13.8 Å². The molecule has 0 spiro atoms. The summed E-state index contributed by atoms with van der Waals surface area (Å²) in [6.07, 6.45) is 1.33. The van der Waals surface area contributed by atoms with Gasteiger partial charge in [-0.25, -0.2) is 0 Å². The maximum absolute atomic E-state index is 8.42. The maximum Gasteiger partial charge on any atom is 0.130 e. The van der Waals surface area contributed by atoms with Crippen LogP contribution in [0.15, 0.2) is 0 Å². The van der Waals surface area contributed by atoms with Gasteiger partial charge in [-0.05, 0) is 13.3 Å². The molecule has 1 heterocycles. The molecule has 0 unspecified atom stereocenters. The summed E-state index contributed by atoms with van der Waals surface area (Å²) in [4.78, 5) is 0. The van der Waals surface area contributed by atoms with Crippen LogP contribution in [0.25, 0.3) is 0 Å². The smallest absolute Gasteiger partial charge is 0.130 e. The van der Waals surface area contributed by atoms with Crippen molar-refractivity contribution in [2.24, 2.45) is 0 Å². The minimum Gasteiger partial charge on any atom is -0.252 e. The van der Waals surface area contributed by atoms with Crippen LogP contribution in [-0.2, 0) is 13.0 Å². The summed E-state index contributed by atoms with van der Waals surface area (Å²) in [7, 11) is 0. The fraction of sp³-hybridized carbons (Fsp3) is 0.556. The molecule has 13 heavy (non-hydrogen) atoms. The van der Waals surface area contributed by atoms with Gasteiger partial charge in [0.15, 0.2) is 0 Å². The third-order valence-electron chi connectivity index (χ3n) is 1.97. The van der Waals surface area contributed by atoms with E-state index in [0.717, 1.165) is 17.7 Å². The van der Waals surface area contributed by atoms with Crippen LogP contribution in [0.3, 0.4) is 0 Å². The largest absolute Gasteiger partial charge is 0.252 e. The first-order valence-corrected chi connectivity index (χ1v) is 4.67. The average Bonchev–Trinajstić information content (AvgIpc) is 2.38. The number of hydrogen-bond acceptors (Lipinski definition) is 2. The van der Waals surface area contributed by atoms with E-state index in [1.54, 1.807) is 4.68 Å². The predicted octanol–water partition coefficient (Wildman–Crippen LogP) is 2.32. The van der Waals surface area contributed by atoms with Gasteiger partial charge in [0.1, 0.15) is 5.15 Å². The van der Waals surface area contributed by atoms with Crippen LogP contribution in [0, 0.1) is 18.3 Å². The first kappa shape index (κ1) is 10.1. The fourth-order valence-corrected chi connectivity index (χ4v) is 1.69. The Bertz CT molecular complexity index is 335. The number of rotatable bonds is 3. The molecule has 4 heteroatoms. The predicted molar refractivity (Wildman–Crippen MR) is 51.6 cm³/mol. The minimum absolute atomic E-state index is 0.448. The molecule has 3 nitrogen and oxygen atoms in total. The first-order chi connectivity index (χ1) is 6.20. The van der Waals surface area contributed by atoms with Crippen molar-refractivity contribution in [3.63, 3.8) is 0 Å². The highest BCUT2D eigenvalue weighted by molar-refractivity contribution is 6.30. The normalized spacial score (nSPS) is 10.0. The lowest BCUT2D eigenvalue weighted by atomic mass is 10.2. The Morgan fingerprint density at radius 3 is 2.77 bits per heavy atom. The molecule has 0 radical (unpaired) electrons. The van der Waals surface area contributed by atoms with Gasteiger partial charge in [-0.1, -0.05) is 18.5 Å². The third-order valence-corrected chi connectivity index (χ3v) is 2.40. The second kappa shape index (κ2) is 4.29. The zero-order valence-electron chi connectivity index (χ0n) is 7.84. The van der Waals surface area contributed by atoms with E-state index in [9.17, 15) is 0 Å². The van der Waals surface area contributed by atoms with Gasteiger partial charge in [-0.2, -0.15) is 10.4 Å². The summed E-state index contributed by atoms with van der Waals surface area (Å²) in [5.74, 6) is 0. The molecule has 0 aliphatic heterocycles. The number of aryl methyl sites for hydroxylation is 2. The van der Waals surface area contributed by atoms with Crippen LogP contribution in [-0.4, -0.2) is 9.78 Å². The van der Waals surface area contributed by atoms with E-state index in [4.69, 9.17) is 16.9 Å². The van der Waals surface area contributed by atoms with Gasteiger partial charge in [0.2, 0.25) is 0 Å². The van der Waals surface area contributed by atoms with Gasteiger partial charge in [0.05, 0.1) is 24.7 Å². The summed E-state index contributed by atoms with van der Waals surface area (Å²) in [6.45, 7) is 4.56. The summed E-state index contributed by atoms with van der Waals surface area (Å²) in [6, 6.07) is 2.07. The minimum atomic E-state index is 0.448. The van der Waals surface area contributed by atoms with E-state index < -0.39 is 0 Å². The Morgan fingerprint density at radius 1 is 1.62 bits per heavy atom. The number of halogens is 1. The molecule has 1 rings (SSSR count). The monoisotopic (exact) mass is 197 g/mol. The lowest BCUT2D eigenvalue weighted by molar-refractivity contribution is 0.623. The Kier molecular flexibility index (Phi) is 3.32.